The largest absolute Gasteiger partial charge is 0.372 e. The molecule has 0 amide bonds. The highest BCUT2D eigenvalue weighted by Crippen LogP contribution is 2.34. The van der Waals surface area contributed by atoms with Gasteiger partial charge in [0.2, 0.25) is 0 Å². The van der Waals surface area contributed by atoms with Gasteiger partial charge in [0, 0.05) is 13.7 Å². The van der Waals surface area contributed by atoms with Crippen molar-refractivity contribution in [2.24, 2.45) is 13.0 Å². The van der Waals surface area contributed by atoms with Crippen molar-refractivity contribution in [3.63, 3.8) is 0 Å². The molecule has 1 unspecified atom stereocenters. The third-order valence-electron chi connectivity index (χ3n) is 3.32. The lowest BCUT2D eigenvalue weighted by Crippen LogP contribution is -2.10. The molecule has 0 spiro atoms. The molecule has 2 rings (SSSR count). The van der Waals surface area contributed by atoms with Gasteiger partial charge in [0.25, 0.3) is 0 Å². The molecule has 0 N–H and O–H groups in total. The molecule has 1 aromatic rings. The van der Waals surface area contributed by atoms with Crippen LogP contribution < -0.4 is 0 Å². The van der Waals surface area contributed by atoms with Crippen LogP contribution in [0.25, 0.3) is 0 Å². The van der Waals surface area contributed by atoms with E-state index in [-0.39, 0.29) is 16.7 Å². The third-order valence-corrected chi connectivity index (χ3v) is 3.32. The summed E-state index contributed by atoms with van der Waals surface area (Å²) >= 11 is 0. The molecule has 1 aliphatic heterocycles. The number of nitro groups is 1. The summed E-state index contributed by atoms with van der Waals surface area (Å²) in [5.41, 5.74) is 0.649. The van der Waals surface area contributed by atoms with E-state index in [0.29, 0.717) is 18.2 Å². The van der Waals surface area contributed by atoms with Crippen LogP contribution in [0.1, 0.15) is 38.0 Å². The molecule has 94 valence electrons. The first-order valence-electron chi connectivity index (χ1n) is 5.87. The summed E-state index contributed by atoms with van der Waals surface area (Å²) in [6.45, 7) is 2.84. The Morgan fingerprint density at radius 3 is 3.00 bits per heavy atom. The fraction of sp³-hybridized carbons (Fsp3) is 0.727. The number of aromatic nitrogens is 2. The summed E-state index contributed by atoms with van der Waals surface area (Å²) in [4.78, 5) is 10.5. The molecule has 1 fully saturated rings. The van der Waals surface area contributed by atoms with E-state index in [1.807, 2.05) is 0 Å². The van der Waals surface area contributed by atoms with E-state index in [2.05, 4.69) is 12.0 Å². The second-order valence-corrected chi connectivity index (χ2v) is 4.63. The molecule has 17 heavy (non-hydrogen) atoms. The predicted octanol–water partition coefficient (Wildman–Crippen LogP) is 2.21. The zero-order valence-electron chi connectivity index (χ0n) is 10.1. The molecule has 1 saturated heterocycles. The van der Waals surface area contributed by atoms with Gasteiger partial charge in [-0.15, -0.1) is 0 Å². The molecule has 6 nitrogen and oxygen atoms in total. The monoisotopic (exact) mass is 239 g/mol. The SMILES string of the molecule is C[C@@H]1CCOC(c2c([N+](=O)[O-])cnn2C)CC1. The maximum absolute atomic E-state index is 10.9. The maximum Gasteiger partial charge on any atom is 0.312 e. The Bertz CT molecular complexity index is 416. The lowest BCUT2D eigenvalue weighted by atomic mass is 10.0. The van der Waals surface area contributed by atoms with Gasteiger partial charge in [-0.05, 0) is 25.2 Å². The molecule has 0 saturated carbocycles. The molecule has 0 radical (unpaired) electrons. The number of rotatable bonds is 2. The zero-order chi connectivity index (χ0) is 12.4. The van der Waals surface area contributed by atoms with Crippen LogP contribution in [0.3, 0.4) is 0 Å². The molecular formula is C11H17N3O3. The van der Waals surface area contributed by atoms with Crippen molar-refractivity contribution in [1.82, 2.24) is 9.78 Å². The molecule has 0 aromatic carbocycles. The summed E-state index contributed by atoms with van der Waals surface area (Å²) in [6.07, 6.45) is 3.97. The van der Waals surface area contributed by atoms with Crippen LogP contribution in [-0.2, 0) is 11.8 Å². The normalized spacial score (nSPS) is 25.5. The number of ether oxygens (including phenoxy) is 1. The fourth-order valence-electron chi connectivity index (χ4n) is 2.24. The van der Waals surface area contributed by atoms with Crippen LogP contribution >= 0.6 is 0 Å². The van der Waals surface area contributed by atoms with E-state index in [4.69, 9.17) is 4.74 Å². The summed E-state index contributed by atoms with van der Waals surface area (Å²) in [5.74, 6) is 0.618. The van der Waals surface area contributed by atoms with Gasteiger partial charge in [-0.3, -0.25) is 14.8 Å². The van der Waals surface area contributed by atoms with E-state index in [9.17, 15) is 10.1 Å². The smallest absolute Gasteiger partial charge is 0.312 e. The third kappa shape index (κ3) is 2.46. The molecule has 0 bridgehead atoms. The predicted molar refractivity (Wildman–Crippen MR) is 61.6 cm³/mol. The van der Waals surface area contributed by atoms with E-state index in [1.165, 1.54) is 6.20 Å². The van der Waals surface area contributed by atoms with Crippen molar-refractivity contribution in [3.8, 4) is 0 Å². The summed E-state index contributed by atoms with van der Waals surface area (Å²) in [6, 6.07) is 0. The Balaban J connectivity index is 2.26. The average molecular weight is 239 g/mol. The van der Waals surface area contributed by atoms with Crippen molar-refractivity contribution in [2.75, 3.05) is 6.61 Å². The Kier molecular flexibility index (Phi) is 3.42. The average Bonchev–Trinajstić information content (AvgIpc) is 2.52. The number of aryl methyl sites for hydroxylation is 1. The summed E-state index contributed by atoms with van der Waals surface area (Å²) in [5, 5.41) is 14.9. The van der Waals surface area contributed by atoms with Crippen LogP contribution in [-0.4, -0.2) is 21.3 Å². The first kappa shape index (κ1) is 12.0. The van der Waals surface area contributed by atoms with Crippen LogP contribution in [0.4, 0.5) is 5.69 Å². The minimum atomic E-state index is -0.389. The molecule has 1 aromatic heterocycles. The lowest BCUT2D eigenvalue weighted by molar-refractivity contribution is -0.386. The minimum absolute atomic E-state index is 0.0621. The highest BCUT2D eigenvalue weighted by atomic mass is 16.6. The van der Waals surface area contributed by atoms with Crippen molar-refractivity contribution >= 4 is 5.69 Å². The van der Waals surface area contributed by atoms with Crippen molar-refractivity contribution < 1.29 is 9.66 Å². The molecular weight excluding hydrogens is 222 g/mol. The first-order chi connectivity index (χ1) is 8.09. The van der Waals surface area contributed by atoms with Crippen LogP contribution in [0.2, 0.25) is 0 Å². The second kappa shape index (κ2) is 4.83. The number of nitrogens with zero attached hydrogens (tertiary/aromatic N) is 3. The summed E-state index contributed by atoms with van der Waals surface area (Å²) < 4.78 is 7.28. The van der Waals surface area contributed by atoms with Gasteiger partial charge in [-0.2, -0.15) is 5.10 Å². The highest BCUT2D eigenvalue weighted by molar-refractivity contribution is 5.34. The Hall–Kier alpha value is -1.43. The second-order valence-electron chi connectivity index (χ2n) is 4.63. The molecule has 6 heteroatoms. The van der Waals surface area contributed by atoms with Crippen LogP contribution in [0.5, 0.6) is 0 Å². The Morgan fingerprint density at radius 1 is 1.53 bits per heavy atom. The van der Waals surface area contributed by atoms with Crippen molar-refractivity contribution in [3.05, 3.63) is 22.0 Å². The molecule has 2 atom stereocenters. The Labute approximate surface area is 99.7 Å². The quantitative estimate of drug-likeness (QED) is 0.586. The van der Waals surface area contributed by atoms with Gasteiger partial charge < -0.3 is 4.74 Å². The minimum Gasteiger partial charge on any atom is -0.372 e. The van der Waals surface area contributed by atoms with Gasteiger partial charge in [0.1, 0.15) is 18.0 Å². The molecule has 0 aliphatic carbocycles. The Morgan fingerprint density at radius 2 is 2.29 bits per heavy atom. The molecule has 2 heterocycles. The number of hydrogen-bond donors (Lipinski definition) is 0. The first-order valence-corrected chi connectivity index (χ1v) is 5.87. The lowest BCUT2D eigenvalue weighted by Gasteiger charge is -2.14. The van der Waals surface area contributed by atoms with Gasteiger partial charge in [0.05, 0.1) is 4.92 Å². The summed E-state index contributed by atoms with van der Waals surface area (Å²) in [7, 11) is 1.72. The van der Waals surface area contributed by atoms with Crippen LogP contribution in [0, 0.1) is 16.0 Å². The number of hydrogen-bond acceptors (Lipinski definition) is 4. The van der Waals surface area contributed by atoms with Crippen molar-refractivity contribution in [2.45, 2.75) is 32.3 Å². The van der Waals surface area contributed by atoms with Gasteiger partial charge in [-0.25, -0.2) is 0 Å². The van der Waals surface area contributed by atoms with E-state index in [1.54, 1.807) is 11.7 Å². The molecule has 1 aliphatic rings. The van der Waals surface area contributed by atoms with Gasteiger partial charge >= 0.3 is 5.69 Å². The fourth-order valence-corrected chi connectivity index (χ4v) is 2.24. The van der Waals surface area contributed by atoms with E-state index in [0.717, 1.165) is 19.3 Å². The van der Waals surface area contributed by atoms with Gasteiger partial charge in [0.15, 0.2) is 0 Å². The standard InChI is InChI=1S/C11H17N3O3/c1-8-3-4-10(17-6-5-8)11-9(14(15)16)7-12-13(11)2/h7-8,10H,3-6H2,1-2H3/t8-,10?/m0/s1. The highest BCUT2D eigenvalue weighted by Gasteiger charge is 2.29. The van der Waals surface area contributed by atoms with Crippen molar-refractivity contribution in [1.29, 1.82) is 0 Å². The van der Waals surface area contributed by atoms with E-state index < -0.39 is 0 Å². The topological polar surface area (TPSA) is 70.2 Å². The van der Waals surface area contributed by atoms with E-state index >= 15 is 0 Å². The maximum atomic E-state index is 10.9. The zero-order valence-corrected chi connectivity index (χ0v) is 10.1. The van der Waals surface area contributed by atoms with Crippen LogP contribution in [0.15, 0.2) is 6.20 Å². The van der Waals surface area contributed by atoms with Gasteiger partial charge in [-0.1, -0.05) is 6.92 Å².